The summed E-state index contributed by atoms with van der Waals surface area (Å²) in [4.78, 5) is 84.9. The van der Waals surface area contributed by atoms with Crippen LogP contribution in [0.25, 0.3) is 0 Å². The van der Waals surface area contributed by atoms with Gasteiger partial charge in [-0.3, -0.25) is 24.0 Å². The zero-order chi connectivity index (χ0) is 33.1. The van der Waals surface area contributed by atoms with Gasteiger partial charge in [-0.05, 0) is 30.7 Å². The van der Waals surface area contributed by atoms with Gasteiger partial charge in [0.1, 0.15) is 24.2 Å². The van der Waals surface area contributed by atoms with Crippen LogP contribution in [0.4, 0.5) is 0 Å². The van der Waals surface area contributed by atoms with Crippen LogP contribution in [0.3, 0.4) is 0 Å². The van der Waals surface area contributed by atoms with Crippen molar-refractivity contribution in [2.24, 2.45) is 17.4 Å². The number of nitrogens with zero attached hydrogens (tertiary/aromatic N) is 2. The highest BCUT2D eigenvalue weighted by Crippen LogP contribution is 2.20. The van der Waals surface area contributed by atoms with Crippen LogP contribution in [0.1, 0.15) is 50.8 Å². The number of nitrogens with two attached hydrogens (primary N) is 2. The zero-order valence-electron chi connectivity index (χ0n) is 25.4. The van der Waals surface area contributed by atoms with Crippen molar-refractivity contribution in [3.8, 4) is 0 Å². The van der Waals surface area contributed by atoms with E-state index in [0.717, 1.165) is 0 Å². The summed E-state index contributed by atoms with van der Waals surface area (Å²) in [6, 6.07) is 3.19. The Morgan fingerprint density at radius 3 is 2.18 bits per heavy atom. The number of carbonyl (C=O) groups is 6. The van der Waals surface area contributed by atoms with Gasteiger partial charge in [-0.25, -0.2) is 9.78 Å². The second kappa shape index (κ2) is 16.3. The van der Waals surface area contributed by atoms with Crippen molar-refractivity contribution < 1.29 is 33.9 Å². The van der Waals surface area contributed by atoms with Crippen LogP contribution in [-0.4, -0.2) is 92.2 Å². The van der Waals surface area contributed by atoms with Crippen molar-refractivity contribution >= 4 is 35.5 Å². The van der Waals surface area contributed by atoms with E-state index in [1.54, 1.807) is 30.3 Å². The van der Waals surface area contributed by atoms with Gasteiger partial charge >= 0.3 is 5.97 Å². The number of likely N-dealkylation sites (tertiary alicyclic amines) is 1. The summed E-state index contributed by atoms with van der Waals surface area (Å²) in [5, 5.41) is 17.6. The average Bonchev–Trinajstić information content (AvgIpc) is 3.68. The zero-order valence-corrected chi connectivity index (χ0v) is 25.4. The van der Waals surface area contributed by atoms with Crippen molar-refractivity contribution in [2.75, 3.05) is 6.54 Å². The summed E-state index contributed by atoms with van der Waals surface area (Å²) in [6.07, 6.45) is 3.54. The molecule has 1 aromatic carbocycles. The molecule has 0 unspecified atom stereocenters. The van der Waals surface area contributed by atoms with Gasteiger partial charge in [0.15, 0.2) is 0 Å². The van der Waals surface area contributed by atoms with Gasteiger partial charge in [-0.2, -0.15) is 0 Å². The highest BCUT2D eigenvalue weighted by Gasteiger charge is 2.39. The van der Waals surface area contributed by atoms with E-state index in [-0.39, 0.29) is 31.7 Å². The summed E-state index contributed by atoms with van der Waals surface area (Å²) in [5.74, 6) is -4.59. The maximum Gasteiger partial charge on any atom is 0.326 e. The van der Waals surface area contributed by atoms with Gasteiger partial charge < -0.3 is 42.4 Å². The number of hydrogen-bond donors (Lipinski definition) is 7. The first kappa shape index (κ1) is 34.7. The van der Waals surface area contributed by atoms with Crippen LogP contribution in [0, 0.1) is 5.92 Å². The number of primary amides is 1. The molecule has 2 aromatic rings. The van der Waals surface area contributed by atoms with E-state index < -0.39 is 72.1 Å². The molecule has 15 nitrogen and oxygen atoms in total. The van der Waals surface area contributed by atoms with Gasteiger partial charge in [0.05, 0.1) is 18.8 Å². The van der Waals surface area contributed by atoms with E-state index in [4.69, 9.17) is 11.5 Å². The smallest absolute Gasteiger partial charge is 0.326 e. The highest BCUT2D eigenvalue weighted by atomic mass is 16.4. The van der Waals surface area contributed by atoms with Crippen LogP contribution in [0.2, 0.25) is 0 Å². The summed E-state index contributed by atoms with van der Waals surface area (Å²) in [6.45, 7) is 4.01. The number of carboxylic acids is 1. The van der Waals surface area contributed by atoms with E-state index in [2.05, 4.69) is 25.9 Å². The first-order valence-electron chi connectivity index (χ1n) is 14.8. The molecule has 0 radical (unpaired) electrons. The van der Waals surface area contributed by atoms with E-state index in [0.29, 0.717) is 24.1 Å². The molecule has 9 N–H and O–H groups in total. The normalized spacial score (nSPS) is 17.2. The van der Waals surface area contributed by atoms with Crippen molar-refractivity contribution in [3.63, 3.8) is 0 Å². The minimum Gasteiger partial charge on any atom is -0.480 e. The van der Waals surface area contributed by atoms with Gasteiger partial charge in [-0.15, -0.1) is 0 Å². The lowest BCUT2D eigenvalue weighted by Crippen LogP contribution is -2.59. The molecule has 0 saturated carbocycles. The molecule has 15 heteroatoms. The lowest BCUT2D eigenvalue weighted by molar-refractivity contribution is -0.149. The highest BCUT2D eigenvalue weighted by molar-refractivity contribution is 5.96. The Morgan fingerprint density at radius 2 is 1.60 bits per heavy atom. The number of aromatic amines is 1. The number of aromatic nitrogens is 2. The minimum absolute atomic E-state index is 0.0223. The van der Waals surface area contributed by atoms with Gasteiger partial charge in [0, 0.05) is 31.3 Å². The standard InChI is InChI=1S/C30H42N8O7/c1-17(2)11-23(29(43)38-10-6-9-24(38)30(44)45)37-27(41)21(12-18-7-4-3-5-8-18)36-28(42)22(13-19-15-33-16-34-19)35-26(40)20(31)14-25(32)39/h3-5,7-8,15-17,20-24H,6,9-14,31H2,1-2H3,(H2,32,39)(H,33,34)(H,35,40)(H,36,42)(H,37,41)(H,44,45)/t20-,21-,22-,23-,24-/m0/s1. The van der Waals surface area contributed by atoms with Crippen molar-refractivity contribution in [3.05, 3.63) is 54.1 Å². The molecule has 244 valence electrons. The topological polar surface area (TPSA) is 243 Å². The molecule has 1 aliphatic rings. The molecule has 0 bridgehead atoms. The number of benzene rings is 1. The SMILES string of the molecule is CC(C)C[C@H](NC(=O)[C@H](Cc1ccccc1)NC(=O)[C@H](Cc1cnc[nH]1)NC(=O)[C@@H](N)CC(N)=O)C(=O)N1CCC[C@H]1C(=O)O. The Labute approximate surface area is 260 Å². The molecule has 5 atom stereocenters. The number of H-pyrrole nitrogens is 1. The predicted octanol–water partition coefficient (Wildman–Crippen LogP) is -1.03. The van der Waals surface area contributed by atoms with Gasteiger partial charge in [0.25, 0.3) is 0 Å². The van der Waals surface area contributed by atoms with Crippen LogP contribution in [-0.2, 0) is 41.6 Å². The number of carbonyl (C=O) groups excluding carboxylic acids is 5. The molecule has 0 spiro atoms. The van der Waals surface area contributed by atoms with Gasteiger partial charge in [-0.1, -0.05) is 44.2 Å². The Morgan fingerprint density at radius 1 is 0.978 bits per heavy atom. The number of amides is 5. The van der Waals surface area contributed by atoms with Crippen molar-refractivity contribution in [2.45, 2.75) is 82.6 Å². The molecule has 1 saturated heterocycles. The van der Waals surface area contributed by atoms with Crippen molar-refractivity contribution in [1.82, 2.24) is 30.8 Å². The molecule has 2 heterocycles. The lowest BCUT2D eigenvalue weighted by atomic mass is 10.00. The van der Waals surface area contributed by atoms with Crippen LogP contribution in [0.15, 0.2) is 42.9 Å². The molecule has 0 aliphatic carbocycles. The Balaban J connectivity index is 1.86. The predicted molar refractivity (Wildman–Crippen MR) is 162 cm³/mol. The first-order chi connectivity index (χ1) is 21.3. The quantitative estimate of drug-likeness (QED) is 0.120. The summed E-state index contributed by atoms with van der Waals surface area (Å²) in [5.41, 5.74) is 12.2. The Bertz CT molecular complexity index is 1340. The number of nitrogens with one attached hydrogen (secondary N) is 4. The van der Waals surface area contributed by atoms with Crippen LogP contribution in [0.5, 0.6) is 0 Å². The third-order valence-corrected chi connectivity index (χ3v) is 7.43. The number of imidazole rings is 1. The fraction of sp³-hybridized carbons (Fsp3) is 0.500. The molecular weight excluding hydrogens is 584 g/mol. The van der Waals surface area contributed by atoms with E-state index in [1.807, 2.05) is 13.8 Å². The number of hydrogen-bond acceptors (Lipinski definition) is 8. The molecule has 3 rings (SSSR count). The minimum atomic E-state index is -1.30. The maximum absolute atomic E-state index is 13.8. The summed E-state index contributed by atoms with van der Waals surface area (Å²) < 4.78 is 0. The maximum atomic E-state index is 13.8. The van der Waals surface area contributed by atoms with Gasteiger partial charge in [0.2, 0.25) is 29.5 Å². The average molecular weight is 627 g/mol. The molecule has 45 heavy (non-hydrogen) atoms. The fourth-order valence-corrected chi connectivity index (χ4v) is 5.20. The molecular formula is C30H42N8O7. The van der Waals surface area contributed by atoms with Crippen LogP contribution < -0.4 is 27.4 Å². The second-order valence-corrected chi connectivity index (χ2v) is 11.6. The second-order valence-electron chi connectivity index (χ2n) is 11.6. The number of rotatable bonds is 16. The van der Waals surface area contributed by atoms with E-state index >= 15 is 0 Å². The Kier molecular flexibility index (Phi) is 12.6. The summed E-state index contributed by atoms with van der Waals surface area (Å²) >= 11 is 0. The third kappa shape index (κ3) is 10.4. The number of carboxylic acid groups (broad SMARTS) is 1. The largest absolute Gasteiger partial charge is 0.480 e. The summed E-state index contributed by atoms with van der Waals surface area (Å²) in [7, 11) is 0. The molecule has 1 aromatic heterocycles. The number of aliphatic carboxylic acids is 1. The third-order valence-electron chi connectivity index (χ3n) is 7.43. The molecule has 1 aliphatic heterocycles. The monoisotopic (exact) mass is 626 g/mol. The fourth-order valence-electron chi connectivity index (χ4n) is 5.20. The molecule has 1 fully saturated rings. The van der Waals surface area contributed by atoms with Crippen molar-refractivity contribution in [1.29, 1.82) is 0 Å². The lowest BCUT2D eigenvalue weighted by Gasteiger charge is -2.30. The Hall–Kier alpha value is -4.79. The molecule has 5 amide bonds. The first-order valence-corrected chi connectivity index (χ1v) is 14.8. The van der Waals surface area contributed by atoms with E-state index in [1.165, 1.54) is 17.4 Å². The van der Waals surface area contributed by atoms with E-state index in [9.17, 15) is 33.9 Å². The van der Waals surface area contributed by atoms with Crippen LogP contribution >= 0.6 is 0 Å².